The standard InChI is InChI=1S/C6H7F2N3/c1-9-5-3-2-4(6(7)8)10-11-5/h2-3,6H,1H3,(H,9,11). The Morgan fingerprint density at radius 1 is 1.36 bits per heavy atom. The second-order valence-corrected chi connectivity index (χ2v) is 1.89. The van der Waals surface area contributed by atoms with Crippen LogP contribution in [0.5, 0.6) is 0 Å². The Hall–Kier alpha value is -1.26. The summed E-state index contributed by atoms with van der Waals surface area (Å²) >= 11 is 0. The van der Waals surface area contributed by atoms with E-state index in [0.29, 0.717) is 5.82 Å². The zero-order valence-electron chi connectivity index (χ0n) is 5.88. The number of aromatic nitrogens is 2. The molecule has 0 aliphatic rings. The summed E-state index contributed by atoms with van der Waals surface area (Å²) in [5, 5.41) is 9.44. The van der Waals surface area contributed by atoms with E-state index in [1.807, 2.05) is 0 Å². The van der Waals surface area contributed by atoms with Gasteiger partial charge in [0.25, 0.3) is 6.43 Å². The van der Waals surface area contributed by atoms with Crippen LogP contribution in [0.25, 0.3) is 0 Å². The molecule has 5 heteroatoms. The van der Waals surface area contributed by atoms with Crippen molar-refractivity contribution in [1.29, 1.82) is 0 Å². The lowest BCUT2D eigenvalue weighted by molar-refractivity contribution is 0.145. The van der Waals surface area contributed by atoms with Crippen LogP contribution in [0.1, 0.15) is 12.1 Å². The van der Waals surface area contributed by atoms with E-state index in [1.54, 1.807) is 7.05 Å². The van der Waals surface area contributed by atoms with Gasteiger partial charge in [0.2, 0.25) is 0 Å². The zero-order valence-corrected chi connectivity index (χ0v) is 5.88. The monoisotopic (exact) mass is 159 g/mol. The highest BCUT2D eigenvalue weighted by molar-refractivity contribution is 5.31. The van der Waals surface area contributed by atoms with Crippen LogP contribution in [0.4, 0.5) is 14.6 Å². The van der Waals surface area contributed by atoms with Crippen LogP contribution >= 0.6 is 0 Å². The normalized spacial score (nSPS) is 10.2. The molecule has 3 nitrogen and oxygen atoms in total. The predicted molar refractivity (Wildman–Crippen MR) is 36.5 cm³/mol. The van der Waals surface area contributed by atoms with Gasteiger partial charge >= 0.3 is 0 Å². The van der Waals surface area contributed by atoms with Gasteiger partial charge in [-0.2, -0.15) is 0 Å². The SMILES string of the molecule is CNc1ccc(C(F)F)nn1. The fraction of sp³-hybridized carbons (Fsp3) is 0.333. The van der Waals surface area contributed by atoms with Crippen molar-refractivity contribution in [2.45, 2.75) is 6.43 Å². The van der Waals surface area contributed by atoms with Gasteiger partial charge in [-0.1, -0.05) is 0 Å². The molecule has 60 valence electrons. The van der Waals surface area contributed by atoms with Gasteiger partial charge < -0.3 is 5.32 Å². The molecule has 0 saturated heterocycles. The third-order valence-electron chi connectivity index (χ3n) is 1.16. The number of alkyl halides is 2. The number of hydrogen-bond acceptors (Lipinski definition) is 3. The van der Waals surface area contributed by atoms with Crippen LogP contribution in [0.3, 0.4) is 0 Å². The quantitative estimate of drug-likeness (QED) is 0.709. The van der Waals surface area contributed by atoms with Crippen LogP contribution in [-0.4, -0.2) is 17.2 Å². The third-order valence-corrected chi connectivity index (χ3v) is 1.16. The number of halogens is 2. The van der Waals surface area contributed by atoms with Gasteiger partial charge in [-0.15, -0.1) is 10.2 Å². The topological polar surface area (TPSA) is 37.8 Å². The molecule has 0 unspecified atom stereocenters. The van der Waals surface area contributed by atoms with Crippen molar-refractivity contribution in [3.63, 3.8) is 0 Å². The van der Waals surface area contributed by atoms with E-state index in [2.05, 4.69) is 15.5 Å². The van der Waals surface area contributed by atoms with E-state index < -0.39 is 6.43 Å². The molecule has 0 bridgehead atoms. The summed E-state index contributed by atoms with van der Waals surface area (Å²) in [4.78, 5) is 0. The molecule has 0 atom stereocenters. The maximum atomic E-state index is 11.9. The first-order valence-electron chi connectivity index (χ1n) is 3.03. The molecule has 0 saturated carbocycles. The Morgan fingerprint density at radius 2 is 2.09 bits per heavy atom. The van der Waals surface area contributed by atoms with Gasteiger partial charge in [-0.05, 0) is 12.1 Å². The van der Waals surface area contributed by atoms with Crippen LogP contribution in [0.15, 0.2) is 12.1 Å². The molecule has 0 aromatic carbocycles. The maximum absolute atomic E-state index is 11.9. The van der Waals surface area contributed by atoms with Crippen LogP contribution in [0, 0.1) is 0 Å². The molecule has 0 amide bonds. The van der Waals surface area contributed by atoms with E-state index in [9.17, 15) is 8.78 Å². The molecule has 0 aliphatic carbocycles. The number of hydrogen-bond donors (Lipinski definition) is 1. The summed E-state index contributed by atoms with van der Waals surface area (Å²) < 4.78 is 23.8. The summed E-state index contributed by atoms with van der Waals surface area (Å²) in [5.74, 6) is 0.481. The van der Waals surface area contributed by atoms with E-state index >= 15 is 0 Å². The van der Waals surface area contributed by atoms with Crippen LogP contribution in [-0.2, 0) is 0 Å². The molecule has 1 aromatic rings. The number of nitrogens with zero attached hydrogens (tertiary/aromatic N) is 2. The molecule has 0 fully saturated rings. The van der Waals surface area contributed by atoms with E-state index in [4.69, 9.17) is 0 Å². The highest BCUT2D eigenvalue weighted by Gasteiger charge is 2.07. The Kier molecular flexibility index (Phi) is 2.30. The van der Waals surface area contributed by atoms with Crippen LogP contribution < -0.4 is 5.32 Å². The van der Waals surface area contributed by atoms with E-state index in [-0.39, 0.29) is 5.69 Å². The lowest BCUT2D eigenvalue weighted by Crippen LogP contribution is -1.97. The van der Waals surface area contributed by atoms with Crippen molar-refractivity contribution in [2.75, 3.05) is 12.4 Å². The maximum Gasteiger partial charge on any atom is 0.282 e. The smallest absolute Gasteiger partial charge is 0.282 e. The average molecular weight is 159 g/mol. The average Bonchev–Trinajstić information content (AvgIpc) is 2.05. The minimum absolute atomic E-state index is 0.302. The minimum atomic E-state index is -2.55. The van der Waals surface area contributed by atoms with Gasteiger partial charge in [-0.3, -0.25) is 0 Å². The fourth-order valence-electron chi connectivity index (χ4n) is 0.592. The first-order valence-corrected chi connectivity index (χ1v) is 3.03. The van der Waals surface area contributed by atoms with E-state index in [0.717, 1.165) is 0 Å². The zero-order chi connectivity index (χ0) is 8.27. The predicted octanol–water partition coefficient (Wildman–Crippen LogP) is 1.46. The molecule has 0 spiro atoms. The Bertz CT molecular complexity index is 222. The van der Waals surface area contributed by atoms with Gasteiger partial charge in [0.1, 0.15) is 11.5 Å². The van der Waals surface area contributed by atoms with Gasteiger partial charge in [0.05, 0.1) is 0 Å². The summed E-state index contributed by atoms with van der Waals surface area (Å²) in [7, 11) is 1.64. The first kappa shape index (κ1) is 7.84. The number of rotatable bonds is 2. The second kappa shape index (κ2) is 3.23. The summed E-state index contributed by atoms with van der Waals surface area (Å²) in [5.41, 5.74) is -0.302. The molecule has 1 rings (SSSR count). The first-order chi connectivity index (χ1) is 5.24. The second-order valence-electron chi connectivity index (χ2n) is 1.89. The van der Waals surface area contributed by atoms with E-state index in [1.165, 1.54) is 12.1 Å². The van der Waals surface area contributed by atoms with Crippen molar-refractivity contribution < 1.29 is 8.78 Å². The van der Waals surface area contributed by atoms with Crippen molar-refractivity contribution >= 4 is 5.82 Å². The van der Waals surface area contributed by atoms with Gasteiger partial charge in [-0.25, -0.2) is 8.78 Å². The van der Waals surface area contributed by atoms with Crippen molar-refractivity contribution in [3.8, 4) is 0 Å². The molecular formula is C6H7F2N3. The Balaban J connectivity index is 2.83. The largest absolute Gasteiger partial charge is 0.372 e. The van der Waals surface area contributed by atoms with Crippen molar-refractivity contribution in [1.82, 2.24) is 10.2 Å². The lowest BCUT2D eigenvalue weighted by Gasteiger charge is -1.98. The Morgan fingerprint density at radius 3 is 2.45 bits per heavy atom. The third kappa shape index (κ3) is 1.83. The highest BCUT2D eigenvalue weighted by atomic mass is 19.3. The minimum Gasteiger partial charge on any atom is -0.372 e. The van der Waals surface area contributed by atoms with Crippen molar-refractivity contribution in [2.24, 2.45) is 0 Å². The van der Waals surface area contributed by atoms with Gasteiger partial charge in [0.15, 0.2) is 0 Å². The number of anilines is 1. The molecular weight excluding hydrogens is 152 g/mol. The molecule has 11 heavy (non-hydrogen) atoms. The Labute approximate surface area is 62.4 Å². The summed E-state index contributed by atoms with van der Waals surface area (Å²) in [6.45, 7) is 0. The molecule has 0 aliphatic heterocycles. The number of nitrogens with one attached hydrogen (secondary N) is 1. The lowest BCUT2D eigenvalue weighted by atomic mass is 10.4. The molecule has 0 radical (unpaired) electrons. The summed E-state index contributed by atoms with van der Waals surface area (Å²) in [6.07, 6.45) is -2.55. The highest BCUT2D eigenvalue weighted by Crippen LogP contribution is 2.15. The van der Waals surface area contributed by atoms with Gasteiger partial charge in [0, 0.05) is 7.05 Å². The molecule has 1 N–H and O–H groups in total. The molecule has 1 aromatic heterocycles. The summed E-state index contributed by atoms with van der Waals surface area (Å²) in [6, 6.07) is 2.69. The van der Waals surface area contributed by atoms with Crippen molar-refractivity contribution in [3.05, 3.63) is 17.8 Å². The molecule has 1 heterocycles. The van der Waals surface area contributed by atoms with Crippen LogP contribution in [0.2, 0.25) is 0 Å². The fourth-order valence-corrected chi connectivity index (χ4v) is 0.592.